The van der Waals surface area contributed by atoms with Gasteiger partial charge < -0.3 is 11.1 Å². The molecule has 2 rings (SSSR count). The molecule has 1 aromatic rings. The number of hydrogen-bond acceptors (Lipinski definition) is 5. The van der Waals surface area contributed by atoms with Crippen LogP contribution in [0, 0.1) is 5.41 Å². The molecule has 7 nitrogen and oxygen atoms in total. The summed E-state index contributed by atoms with van der Waals surface area (Å²) in [6, 6.07) is 5.50. The standard InChI is InChI=1S/C15H18N4O3S/c1-9(16)18-6-7-23-8-12(13(17)20)19-14(21)10-4-2-3-5-11(10)15(19)22/h2-5,12H,6-8H2,1H3,(H2,16,18)(H2,17,20). The Morgan fingerprint density at radius 1 is 1.30 bits per heavy atom. The van der Waals surface area contributed by atoms with Crippen molar-refractivity contribution in [3.8, 4) is 0 Å². The van der Waals surface area contributed by atoms with E-state index in [1.165, 1.54) is 11.8 Å². The molecule has 0 saturated carbocycles. The molecule has 3 amide bonds. The first-order valence-electron chi connectivity index (χ1n) is 7.06. The van der Waals surface area contributed by atoms with Crippen LogP contribution in [0.4, 0.5) is 0 Å². The summed E-state index contributed by atoms with van der Waals surface area (Å²) >= 11 is 1.40. The third kappa shape index (κ3) is 3.70. The maximum atomic E-state index is 12.4. The fourth-order valence-electron chi connectivity index (χ4n) is 2.28. The Labute approximate surface area is 138 Å². The van der Waals surface area contributed by atoms with Crippen molar-refractivity contribution in [2.24, 2.45) is 5.73 Å². The van der Waals surface area contributed by atoms with Crippen LogP contribution < -0.4 is 11.1 Å². The number of primary amides is 1. The summed E-state index contributed by atoms with van der Waals surface area (Å²) in [6.07, 6.45) is 0. The Bertz CT molecular complexity index is 627. The zero-order chi connectivity index (χ0) is 17.0. The fraction of sp³-hybridized carbons (Fsp3) is 0.333. The van der Waals surface area contributed by atoms with Crippen LogP contribution in [0.25, 0.3) is 0 Å². The van der Waals surface area contributed by atoms with Crippen molar-refractivity contribution >= 4 is 35.3 Å². The molecule has 1 heterocycles. The van der Waals surface area contributed by atoms with Crippen molar-refractivity contribution in [2.75, 3.05) is 18.1 Å². The average molecular weight is 334 g/mol. The lowest BCUT2D eigenvalue weighted by atomic mass is 10.1. The van der Waals surface area contributed by atoms with Gasteiger partial charge in [0, 0.05) is 18.1 Å². The second-order valence-electron chi connectivity index (χ2n) is 5.07. The Hall–Kier alpha value is -2.35. The first kappa shape index (κ1) is 17.0. The van der Waals surface area contributed by atoms with Crippen LogP contribution in [-0.4, -0.2) is 52.5 Å². The number of amidine groups is 1. The van der Waals surface area contributed by atoms with Crippen LogP contribution in [0.3, 0.4) is 0 Å². The quantitative estimate of drug-likeness (QED) is 0.290. The summed E-state index contributed by atoms with van der Waals surface area (Å²) in [4.78, 5) is 37.4. The highest BCUT2D eigenvalue weighted by Crippen LogP contribution is 2.25. The molecule has 0 spiro atoms. The molecule has 0 saturated heterocycles. The lowest BCUT2D eigenvalue weighted by molar-refractivity contribution is -0.121. The molecule has 0 radical (unpaired) electrons. The molecule has 4 N–H and O–H groups in total. The van der Waals surface area contributed by atoms with Gasteiger partial charge in [-0.3, -0.25) is 24.7 Å². The molecule has 23 heavy (non-hydrogen) atoms. The minimum Gasteiger partial charge on any atom is -0.373 e. The second-order valence-corrected chi connectivity index (χ2v) is 6.22. The van der Waals surface area contributed by atoms with E-state index in [-0.39, 0.29) is 5.75 Å². The minimum atomic E-state index is -0.978. The van der Waals surface area contributed by atoms with Crippen molar-refractivity contribution < 1.29 is 14.4 Å². The van der Waals surface area contributed by atoms with Crippen LogP contribution >= 0.6 is 11.8 Å². The molecular weight excluding hydrogens is 316 g/mol. The first-order valence-corrected chi connectivity index (χ1v) is 8.22. The van der Waals surface area contributed by atoms with Gasteiger partial charge in [-0.25, -0.2) is 0 Å². The lowest BCUT2D eigenvalue weighted by Gasteiger charge is -2.23. The summed E-state index contributed by atoms with van der Waals surface area (Å²) < 4.78 is 0. The zero-order valence-corrected chi connectivity index (χ0v) is 13.5. The van der Waals surface area contributed by atoms with E-state index in [1.807, 2.05) is 0 Å². The smallest absolute Gasteiger partial charge is 0.262 e. The maximum absolute atomic E-state index is 12.4. The molecule has 1 aliphatic heterocycles. The maximum Gasteiger partial charge on any atom is 0.262 e. The van der Waals surface area contributed by atoms with Gasteiger partial charge in [-0.15, -0.1) is 0 Å². The highest BCUT2D eigenvalue weighted by atomic mass is 32.2. The molecule has 0 aromatic heterocycles. The summed E-state index contributed by atoms with van der Waals surface area (Å²) in [5.41, 5.74) is 5.99. The molecule has 8 heteroatoms. The van der Waals surface area contributed by atoms with E-state index in [4.69, 9.17) is 11.1 Å². The molecule has 0 aliphatic carbocycles. The average Bonchev–Trinajstić information content (AvgIpc) is 2.75. The normalized spacial score (nSPS) is 14.6. The van der Waals surface area contributed by atoms with Crippen LogP contribution in [0.2, 0.25) is 0 Å². The van der Waals surface area contributed by atoms with Gasteiger partial charge in [0.15, 0.2) is 0 Å². The third-order valence-corrected chi connectivity index (χ3v) is 4.42. The Balaban J connectivity index is 2.05. The predicted molar refractivity (Wildman–Crippen MR) is 88.7 cm³/mol. The number of nitrogens with one attached hydrogen (secondary N) is 2. The van der Waals surface area contributed by atoms with Crippen molar-refractivity contribution in [3.63, 3.8) is 0 Å². The zero-order valence-electron chi connectivity index (χ0n) is 12.7. The number of carbonyl (C=O) groups is 3. The molecule has 1 atom stereocenters. The van der Waals surface area contributed by atoms with Gasteiger partial charge in [0.05, 0.1) is 17.0 Å². The van der Waals surface area contributed by atoms with Gasteiger partial charge in [0.25, 0.3) is 11.8 Å². The van der Waals surface area contributed by atoms with Crippen LogP contribution in [0.15, 0.2) is 24.3 Å². The molecule has 122 valence electrons. The first-order chi connectivity index (χ1) is 10.9. The Morgan fingerprint density at radius 2 is 1.87 bits per heavy atom. The number of rotatable bonds is 7. The second kappa shape index (κ2) is 7.28. The third-order valence-electron chi connectivity index (χ3n) is 3.38. The summed E-state index contributed by atoms with van der Waals surface area (Å²) in [5, 5.41) is 10.1. The van der Waals surface area contributed by atoms with Crippen LogP contribution in [-0.2, 0) is 4.79 Å². The monoisotopic (exact) mass is 334 g/mol. The van der Waals surface area contributed by atoms with Crippen LogP contribution in [0.1, 0.15) is 27.6 Å². The van der Waals surface area contributed by atoms with E-state index >= 15 is 0 Å². The molecule has 0 fully saturated rings. The van der Waals surface area contributed by atoms with Gasteiger partial charge >= 0.3 is 0 Å². The number of nitrogens with zero attached hydrogens (tertiary/aromatic N) is 1. The number of carbonyl (C=O) groups excluding carboxylic acids is 3. The molecule has 1 unspecified atom stereocenters. The van der Waals surface area contributed by atoms with Gasteiger partial charge in [0.1, 0.15) is 6.04 Å². The fourth-order valence-corrected chi connectivity index (χ4v) is 3.23. The van der Waals surface area contributed by atoms with Crippen molar-refractivity contribution in [1.82, 2.24) is 10.2 Å². The van der Waals surface area contributed by atoms with E-state index < -0.39 is 23.8 Å². The highest BCUT2D eigenvalue weighted by molar-refractivity contribution is 7.99. The SMILES string of the molecule is CC(=N)NCCSCC(C(N)=O)N1C(=O)c2ccccc2C1=O. The van der Waals surface area contributed by atoms with Crippen molar-refractivity contribution in [2.45, 2.75) is 13.0 Å². The van der Waals surface area contributed by atoms with E-state index in [0.29, 0.717) is 29.3 Å². The summed E-state index contributed by atoms with van der Waals surface area (Å²) in [7, 11) is 0. The molecule has 0 bridgehead atoms. The number of amides is 3. The summed E-state index contributed by atoms with van der Waals surface area (Å²) in [5.74, 6) is -0.449. The molecule has 1 aromatic carbocycles. The van der Waals surface area contributed by atoms with E-state index in [0.717, 1.165) is 4.90 Å². The van der Waals surface area contributed by atoms with Crippen molar-refractivity contribution in [3.05, 3.63) is 35.4 Å². The van der Waals surface area contributed by atoms with E-state index in [2.05, 4.69) is 5.32 Å². The number of hydrogen-bond donors (Lipinski definition) is 3. The van der Waals surface area contributed by atoms with E-state index in [9.17, 15) is 14.4 Å². The van der Waals surface area contributed by atoms with Gasteiger partial charge in [-0.05, 0) is 19.1 Å². The predicted octanol–water partition coefficient (Wildman–Crippen LogP) is 0.456. The van der Waals surface area contributed by atoms with Crippen molar-refractivity contribution in [1.29, 1.82) is 5.41 Å². The van der Waals surface area contributed by atoms with Gasteiger partial charge in [-0.1, -0.05) is 12.1 Å². The molecule has 1 aliphatic rings. The largest absolute Gasteiger partial charge is 0.373 e. The number of nitrogens with two attached hydrogens (primary N) is 1. The highest BCUT2D eigenvalue weighted by Gasteiger charge is 2.41. The minimum absolute atomic E-state index is 0.236. The topological polar surface area (TPSA) is 116 Å². The van der Waals surface area contributed by atoms with Gasteiger partial charge in [0.2, 0.25) is 5.91 Å². The number of thioether (sulfide) groups is 1. The Kier molecular flexibility index (Phi) is 5.38. The number of benzene rings is 1. The summed E-state index contributed by atoms with van der Waals surface area (Å²) in [6.45, 7) is 2.20. The lowest BCUT2D eigenvalue weighted by Crippen LogP contribution is -2.49. The molecular formula is C15H18N4O3S. The van der Waals surface area contributed by atoms with E-state index in [1.54, 1.807) is 31.2 Å². The number of imide groups is 1. The van der Waals surface area contributed by atoms with Gasteiger partial charge in [-0.2, -0.15) is 11.8 Å². The number of fused-ring (bicyclic) bond motifs is 1. The Morgan fingerprint density at radius 3 is 2.35 bits per heavy atom. The van der Waals surface area contributed by atoms with Crippen LogP contribution in [0.5, 0.6) is 0 Å².